The van der Waals surface area contributed by atoms with Crippen LogP contribution in [0.5, 0.6) is 11.5 Å². The number of hydrogen-bond acceptors (Lipinski definition) is 2. The van der Waals surface area contributed by atoms with Gasteiger partial charge in [0.25, 0.3) is 0 Å². The van der Waals surface area contributed by atoms with Gasteiger partial charge in [-0.1, -0.05) is 0 Å². The normalized spacial score (nSPS) is 10.4. The molecule has 0 atom stereocenters. The molecule has 2 aromatic rings. The molecule has 21 heavy (non-hydrogen) atoms. The zero-order valence-corrected chi connectivity index (χ0v) is 12.4. The molecule has 110 valence electrons. The van der Waals surface area contributed by atoms with Crippen LogP contribution in [-0.4, -0.2) is 0 Å². The summed E-state index contributed by atoms with van der Waals surface area (Å²) in [5, 5.41) is 0. The van der Waals surface area contributed by atoms with Gasteiger partial charge in [0.1, 0.15) is 0 Å². The molecule has 0 aromatic heterocycles. The Morgan fingerprint density at radius 1 is 0.571 bits per heavy atom. The second-order valence-corrected chi connectivity index (χ2v) is 5.05. The van der Waals surface area contributed by atoms with E-state index in [4.69, 9.17) is 0 Å². The van der Waals surface area contributed by atoms with E-state index in [-0.39, 0.29) is 0 Å². The third-order valence-corrected chi connectivity index (χ3v) is 3.70. The maximum atomic E-state index is 13.2. The van der Waals surface area contributed by atoms with Crippen molar-refractivity contribution in [1.29, 1.82) is 0 Å². The summed E-state index contributed by atoms with van der Waals surface area (Å²) >= 11 is -2.70. The monoisotopic (exact) mass is 384 g/mol. The van der Waals surface area contributed by atoms with Gasteiger partial charge in [0, 0.05) is 0 Å². The maximum absolute atomic E-state index is 13.2. The fourth-order valence-corrected chi connectivity index (χ4v) is 2.74. The fourth-order valence-electron chi connectivity index (χ4n) is 1.31. The van der Waals surface area contributed by atoms with Gasteiger partial charge in [0.05, 0.1) is 0 Å². The van der Waals surface area contributed by atoms with E-state index in [2.05, 4.69) is 5.63 Å². The van der Waals surface area contributed by atoms with E-state index in [1.165, 1.54) is 0 Å². The molecular formula is C12H4F6O2Zr. The summed E-state index contributed by atoms with van der Waals surface area (Å²) in [6, 6.07) is 2.34. The van der Waals surface area contributed by atoms with Crippen molar-refractivity contribution in [3.63, 3.8) is 0 Å². The van der Waals surface area contributed by atoms with Crippen LogP contribution < -0.4 is 5.63 Å². The Morgan fingerprint density at radius 2 is 0.905 bits per heavy atom. The summed E-state index contributed by atoms with van der Waals surface area (Å²) < 4.78 is 87.9. The molecule has 0 aliphatic heterocycles. The molecule has 2 aromatic carbocycles. The first-order valence-electron chi connectivity index (χ1n) is 5.27. The average Bonchev–Trinajstić information content (AvgIpc) is 2.46. The van der Waals surface area contributed by atoms with Crippen LogP contribution in [0.15, 0.2) is 24.3 Å². The number of hydrogen-bond donors (Lipinski definition) is 0. The van der Waals surface area contributed by atoms with Gasteiger partial charge in [-0.2, -0.15) is 0 Å². The van der Waals surface area contributed by atoms with E-state index in [1.54, 1.807) is 0 Å². The Hall–Kier alpha value is -1.50. The summed E-state index contributed by atoms with van der Waals surface area (Å²) in [6.07, 6.45) is 0. The van der Waals surface area contributed by atoms with E-state index in [0.717, 1.165) is 0 Å². The summed E-state index contributed by atoms with van der Waals surface area (Å²) in [5.41, 5.74) is 0. The van der Waals surface area contributed by atoms with Crippen molar-refractivity contribution in [2.75, 3.05) is 0 Å². The topological polar surface area (TPSA) is 18.5 Å². The molecule has 0 aliphatic rings. The number of benzene rings is 2. The van der Waals surface area contributed by atoms with Gasteiger partial charge in [0.2, 0.25) is 0 Å². The van der Waals surface area contributed by atoms with Crippen molar-refractivity contribution in [3.8, 4) is 11.5 Å². The van der Waals surface area contributed by atoms with Crippen LogP contribution >= 0.6 is 0 Å². The quantitative estimate of drug-likeness (QED) is 0.587. The summed E-state index contributed by atoms with van der Waals surface area (Å²) in [6.45, 7) is 0. The van der Waals surface area contributed by atoms with Gasteiger partial charge in [-0.3, -0.25) is 0 Å². The Kier molecular flexibility index (Phi) is 4.93. The molecule has 0 saturated carbocycles. The standard InChI is InChI=1S/2C6H3F3O.Zr/c2*7-3-1-2-4(8)6(10)5(3)9;/h2*1-2,10H;/q;;+2/p-2. The van der Waals surface area contributed by atoms with Gasteiger partial charge in [-0.15, -0.1) is 0 Å². The van der Waals surface area contributed by atoms with Gasteiger partial charge in [-0.25, -0.2) is 0 Å². The summed E-state index contributed by atoms with van der Waals surface area (Å²) in [5.74, 6) is -10.4. The second kappa shape index (κ2) is 6.51. The molecule has 0 saturated heterocycles. The molecule has 0 heterocycles. The molecule has 2 nitrogen and oxygen atoms in total. The van der Waals surface area contributed by atoms with Crippen LogP contribution in [0.1, 0.15) is 0 Å². The van der Waals surface area contributed by atoms with E-state index < -0.39 is 70.5 Å². The first kappa shape index (κ1) is 15.9. The van der Waals surface area contributed by atoms with Crippen molar-refractivity contribution in [1.82, 2.24) is 0 Å². The van der Waals surface area contributed by atoms with E-state index in [1.807, 2.05) is 0 Å². The van der Waals surface area contributed by atoms with Crippen molar-refractivity contribution in [2.24, 2.45) is 0 Å². The molecular weight excluding hydrogens is 381 g/mol. The first-order chi connectivity index (χ1) is 9.91. The van der Waals surface area contributed by atoms with Crippen LogP contribution in [0.25, 0.3) is 0 Å². The molecule has 0 N–H and O–H groups in total. The zero-order valence-electron chi connectivity index (χ0n) is 9.89. The molecule has 2 rings (SSSR count). The SMILES string of the molecule is Fc1ccc(F)c([O][Zr][O]c2c(F)ccc(F)c2F)c1F. The minimum atomic E-state index is -2.70. The Balaban J connectivity index is 2.13. The average molecular weight is 385 g/mol. The van der Waals surface area contributed by atoms with Gasteiger partial charge >= 0.3 is 127 Å². The van der Waals surface area contributed by atoms with Crippen LogP contribution in [0.3, 0.4) is 0 Å². The van der Waals surface area contributed by atoms with Gasteiger partial charge in [0.15, 0.2) is 0 Å². The molecule has 0 fully saturated rings. The summed E-state index contributed by atoms with van der Waals surface area (Å²) in [7, 11) is 0. The minimum absolute atomic E-state index is 0.551. The fraction of sp³-hybridized carbons (Fsp3) is 0. The number of halogens is 6. The van der Waals surface area contributed by atoms with Crippen molar-refractivity contribution in [2.45, 2.75) is 0 Å². The van der Waals surface area contributed by atoms with Crippen LogP contribution in [-0.2, 0) is 24.1 Å². The van der Waals surface area contributed by atoms with Crippen LogP contribution in [0.4, 0.5) is 26.3 Å². The van der Waals surface area contributed by atoms with E-state index in [9.17, 15) is 26.3 Å². The molecule has 0 amide bonds. The van der Waals surface area contributed by atoms with E-state index >= 15 is 0 Å². The Morgan fingerprint density at radius 3 is 1.29 bits per heavy atom. The molecule has 0 spiro atoms. The van der Waals surface area contributed by atoms with Gasteiger partial charge < -0.3 is 0 Å². The molecule has 0 unspecified atom stereocenters. The van der Waals surface area contributed by atoms with Crippen LogP contribution in [0, 0.1) is 34.9 Å². The molecule has 0 aliphatic carbocycles. The molecule has 0 radical (unpaired) electrons. The van der Waals surface area contributed by atoms with Crippen molar-refractivity contribution < 1.29 is 56.1 Å². The number of rotatable bonds is 4. The third-order valence-electron chi connectivity index (χ3n) is 2.29. The predicted octanol–water partition coefficient (Wildman–Crippen LogP) is 3.89. The van der Waals surface area contributed by atoms with Crippen molar-refractivity contribution in [3.05, 3.63) is 59.2 Å². The first-order valence-corrected chi connectivity index (χ1v) is 7.28. The Bertz CT molecular complexity index is 622. The predicted molar refractivity (Wildman–Crippen MR) is 53.9 cm³/mol. The zero-order chi connectivity index (χ0) is 15.6. The molecule has 9 heteroatoms. The Labute approximate surface area is 127 Å². The third kappa shape index (κ3) is 3.40. The van der Waals surface area contributed by atoms with Crippen molar-refractivity contribution >= 4 is 0 Å². The molecule has 0 bridgehead atoms. The summed E-state index contributed by atoms with van der Waals surface area (Å²) in [4.78, 5) is 0. The second-order valence-electron chi connectivity index (χ2n) is 3.63. The van der Waals surface area contributed by atoms with E-state index in [0.29, 0.717) is 24.3 Å². The van der Waals surface area contributed by atoms with Crippen LogP contribution in [0.2, 0.25) is 0 Å². The van der Waals surface area contributed by atoms with Gasteiger partial charge in [-0.05, 0) is 0 Å².